The third kappa shape index (κ3) is 4.33. The van der Waals surface area contributed by atoms with Crippen molar-refractivity contribution < 1.29 is 15.0 Å². The molecule has 4 unspecified atom stereocenters. The maximum absolute atomic E-state index is 10.8. The van der Waals surface area contributed by atoms with E-state index >= 15 is 0 Å². The number of hydrogen-bond donors (Lipinski definition) is 2. The maximum atomic E-state index is 10.8. The third-order valence-electron chi connectivity index (χ3n) is 6.61. The van der Waals surface area contributed by atoms with Crippen LogP contribution in [-0.4, -0.2) is 21.2 Å². The lowest BCUT2D eigenvalue weighted by atomic mass is 9.61. The van der Waals surface area contributed by atoms with Crippen molar-refractivity contribution in [2.75, 3.05) is 0 Å². The fraction of sp³-hybridized carbons (Fsp3) is 0.385. The van der Waals surface area contributed by atoms with Gasteiger partial charge >= 0.3 is 5.97 Å². The van der Waals surface area contributed by atoms with Crippen molar-refractivity contribution in [2.24, 2.45) is 23.7 Å². The van der Waals surface area contributed by atoms with Gasteiger partial charge in [0.05, 0.1) is 5.69 Å². The number of aromatic hydroxyl groups is 1. The van der Waals surface area contributed by atoms with Crippen LogP contribution in [0.3, 0.4) is 0 Å². The van der Waals surface area contributed by atoms with Crippen LogP contribution in [0.4, 0.5) is 0 Å². The first kappa shape index (κ1) is 20.4. The molecule has 4 atom stereocenters. The van der Waals surface area contributed by atoms with Gasteiger partial charge in [0, 0.05) is 17.8 Å². The number of carboxylic acid groups (broad SMARTS) is 1. The van der Waals surface area contributed by atoms with Crippen LogP contribution in [0.5, 0.6) is 5.75 Å². The van der Waals surface area contributed by atoms with Gasteiger partial charge in [0.15, 0.2) is 0 Å². The van der Waals surface area contributed by atoms with Gasteiger partial charge in [0.25, 0.3) is 0 Å². The summed E-state index contributed by atoms with van der Waals surface area (Å²) >= 11 is 0. The summed E-state index contributed by atoms with van der Waals surface area (Å²) < 4.78 is 0. The molecule has 1 aromatic heterocycles. The summed E-state index contributed by atoms with van der Waals surface area (Å²) in [5.74, 6) is 1.94. The average Bonchev–Trinajstić information content (AvgIpc) is 2.70. The van der Waals surface area contributed by atoms with Crippen LogP contribution < -0.4 is 0 Å². The Morgan fingerprint density at radius 3 is 2.40 bits per heavy atom. The highest BCUT2D eigenvalue weighted by Crippen LogP contribution is 2.50. The predicted octanol–water partition coefficient (Wildman–Crippen LogP) is 5.78. The highest BCUT2D eigenvalue weighted by Gasteiger charge is 2.38. The molecule has 2 aromatic rings. The average molecular weight is 404 g/mol. The van der Waals surface area contributed by atoms with E-state index in [1.54, 1.807) is 12.1 Å². The quantitative estimate of drug-likeness (QED) is 0.635. The molecular weight excluding hydrogens is 374 g/mol. The van der Waals surface area contributed by atoms with Gasteiger partial charge < -0.3 is 10.2 Å². The van der Waals surface area contributed by atoms with Crippen molar-refractivity contribution in [3.05, 3.63) is 71.1 Å². The number of allylic oxidation sites excluding steroid dienone is 1. The molecule has 2 N–H and O–H groups in total. The van der Waals surface area contributed by atoms with Crippen LogP contribution in [0.1, 0.15) is 56.4 Å². The molecule has 4 heteroatoms. The Hall–Kier alpha value is -2.88. The number of aliphatic carboxylic acids is 1. The number of fused-ring (bicyclic) bond motifs is 2. The first-order chi connectivity index (χ1) is 14.4. The molecule has 0 saturated heterocycles. The summed E-state index contributed by atoms with van der Waals surface area (Å²) in [4.78, 5) is 15.3. The van der Waals surface area contributed by atoms with Crippen molar-refractivity contribution in [1.82, 2.24) is 4.98 Å². The second-order valence-electron chi connectivity index (χ2n) is 9.03. The minimum Gasteiger partial charge on any atom is -0.508 e. The van der Waals surface area contributed by atoms with Gasteiger partial charge in [-0.2, -0.15) is 0 Å². The monoisotopic (exact) mass is 403 g/mol. The van der Waals surface area contributed by atoms with Crippen LogP contribution >= 0.6 is 0 Å². The maximum Gasteiger partial charge on any atom is 0.328 e. The molecule has 2 aliphatic carbocycles. The Bertz CT molecular complexity index is 968. The summed E-state index contributed by atoms with van der Waals surface area (Å²) in [5.41, 5.74) is 5.51. The number of carboxylic acids is 1. The van der Waals surface area contributed by atoms with E-state index in [2.05, 4.69) is 18.8 Å². The molecule has 4 nitrogen and oxygen atoms in total. The Labute approximate surface area is 178 Å². The second-order valence-corrected chi connectivity index (χ2v) is 9.03. The molecule has 4 rings (SSSR count). The Morgan fingerprint density at radius 1 is 1.00 bits per heavy atom. The highest BCUT2D eigenvalue weighted by molar-refractivity contribution is 5.85. The number of pyridine rings is 1. The number of carbonyl (C=O) groups is 1. The third-order valence-corrected chi connectivity index (χ3v) is 6.61. The summed E-state index contributed by atoms with van der Waals surface area (Å²) in [5, 5.41) is 18.7. The SMILES string of the molecule is CC1CC2CC(C)/C(=C(\c3ccc(O)cc3)c3ccc(/C=C/C(=O)O)nc3)C(C1)C2. The number of phenolic OH excluding ortho intramolecular Hbond substituents is 1. The Balaban J connectivity index is 1.82. The van der Waals surface area contributed by atoms with E-state index in [9.17, 15) is 9.90 Å². The zero-order valence-electron chi connectivity index (χ0n) is 17.6. The zero-order valence-corrected chi connectivity index (χ0v) is 17.6. The number of rotatable bonds is 4. The van der Waals surface area contributed by atoms with Crippen LogP contribution in [0, 0.1) is 23.7 Å². The van der Waals surface area contributed by atoms with Crippen molar-refractivity contribution in [1.29, 1.82) is 0 Å². The molecule has 0 spiro atoms. The lowest BCUT2D eigenvalue weighted by molar-refractivity contribution is -0.131. The van der Waals surface area contributed by atoms with Crippen LogP contribution in [0.25, 0.3) is 11.6 Å². The molecule has 0 amide bonds. The molecule has 2 aliphatic rings. The smallest absolute Gasteiger partial charge is 0.328 e. The van der Waals surface area contributed by atoms with E-state index in [-0.39, 0.29) is 5.75 Å². The van der Waals surface area contributed by atoms with Gasteiger partial charge in [-0.25, -0.2) is 4.79 Å². The van der Waals surface area contributed by atoms with Gasteiger partial charge in [0.1, 0.15) is 5.75 Å². The first-order valence-electron chi connectivity index (χ1n) is 10.8. The van der Waals surface area contributed by atoms with E-state index in [0.29, 0.717) is 17.5 Å². The minimum atomic E-state index is -0.982. The molecule has 0 aliphatic heterocycles. The molecule has 30 heavy (non-hydrogen) atoms. The molecule has 1 heterocycles. The minimum absolute atomic E-state index is 0.262. The van der Waals surface area contributed by atoms with Crippen molar-refractivity contribution in [2.45, 2.75) is 39.5 Å². The fourth-order valence-corrected chi connectivity index (χ4v) is 5.61. The molecule has 156 valence electrons. The van der Waals surface area contributed by atoms with E-state index < -0.39 is 5.97 Å². The van der Waals surface area contributed by atoms with Crippen LogP contribution in [0.2, 0.25) is 0 Å². The molecule has 2 fully saturated rings. The van der Waals surface area contributed by atoms with Gasteiger partial charge in [-0.3, -0.25) is 4.98 Å². The first-order valence-corrected chi connectivity index (χ1v) is 10.8. The number of benzene rings is 1. The fourth-order valence-electron chi connectivity index (χ4n) is 5.61. The highest BCUT2D eigenvalue weighted by atomic mass is 16.4. The van der Waals surface area contributed by atoms with E-state index in [1.807, 2.05) is 30.5 Å². The van der Waals surface area contributed by atoms with E-state index in [4.69, 9.17) is 5.11 Å². The number of phenols is 1. The van der Waals surface area contributed by atoms with E-state index in [1.165, 1.54) is 42.9 Å². The largest absolute Gasteiger partial charge is 0.508 e. The van der Waals surface area contributed by atoms with Crippen LogP contribution in [-0.2, 0) is 4.79 Å². The zero-order chi connectivity index (χ0) is 21.3. The topological polar surface area (TPSA) is 70.4 Å². The summed E-state index contributed by atoms with van der Waals surface area (Å²) in [7, 11) is 0. The standard InChI is InChI=1S/C26H29NO3/c1-16-11-18-13-17(2)25(21(12-16)14-18)26(19-4-8-23(28)9-5-19)20-3-6-22(27-15-20)7-10-24(29)30/h3-10,15-18,21,28H,11-14H2,1-2H3,(H,29,30)/b10-7+,26-25-. The number of hydrogen-bond acceptors (Lipinski definition) is 3. The van der Waals surface area contributed by atoms with Gasteiger partial charge in [-0.15, -0.1) is 0 Å². The lowest BCUT2D eigenvalue weighted by Gasteiger charge is -2.44. The molecule has 2 saturated carbocycles. The summed E-state index contributed by atoms with van der Waals surface area (Å²) in [6, 6.07) is 11.4. The molecule has 1 aromatic carbocycles. The van der Waals surface area contributed by atoms with Gasteiger partial charge in [-0.05, 0) is 84.8 Å². The number of nitrogens with zero attached hydrogens (tertiary/aromatic N) is 1. The molecule has 2 bridgehead atoms. The normalized spacial score (nSPS) is 27.8. The number of aromatic nitrogens is 1. The van der Waals surface area contributed by atoms with Crippen molar-refractivity contribution >= 4 is 17.6 Å². The van der Waals surface area contributed by atoms with Crippen LogP contribution in [0.15, 0.2) is 54.2 Å². The Morgan fingerprint density at radius 2 is 1.73 bits per heavy atom. The summed E-state index contributed by atoms with van der Waals surface area (Å²) in [6.45, 7) is 4.72. The van der Waals surface area contributed by atoms with Gasteiger partial charge in [0.2, 0.25) is 0 Å². The predicted molar refractivity (Wildman–Crippen MR) is 119 cm³/mol. The van der Waals surface area contributed by atoms with Gasteiger partial charge in [-0.1, -0.05) is 37.6 Å². The van der Waals surface area contributed by atoms with Crippen molar-refractivity contribution in [3.8, 4) is 5.75 Å². The lowest BCUT2D eigenvalue weighted by Crippen LogP contribution is -2.32. The second kappa shape index (κ2) is 8.47. The van der Waals surface area contributed by atoms with E-state index in [0.717, 1.165) is 29.0 Å². The van der Waals surface area contributed by atoms with Crippen molar-refractivity contribution in [3.63, 3.8) is 0 Å². The molecule has 0 radical (unpaired) electrons. The summed E-state index contributed by atoms with van der Waals surface area (Å²) in [6.07, 6.45) is 9.52. The molecular formula is C26H29NO3. The Kier molecular flexibility index (Phi) is 5.76.